The van der Waals surface area contributed by atoms with Crippen molar-refractivity contribution in [1.29, 1.82) is 0 Å². The lowest BCUT2D eigenvalue weighted by atomic mass is 9.88. The first kappa shape index (κ1) is 15.6. The van der Waals surface area contributed by atoms with Gasteiger partial charge in [0.1, 0.15) is 0 Å². The van der Waals surface area contributed by atoms with Crippen molar-refractivity contribution < 1.29 is 0 Å². The molecule has 0 fully saturated rings. The van der Waals surface area contributed by atoms with Crippen molar-refractivity contribution in [3.8, 4) is 0 Å². The predicted octanol–water partition coefficient (Wildman–Crippen LogP) is 4.42. The molecule has 2 heteroatoms. The molecule has 1 N–H and O–H groups in total. The minimum atomic E-state index is 0.307. The van der Waals surface area contributed by atoms with E-state index < -0.39 is 0 Å². The average molecular weight is 265 g/mol. The first-order valence-corrected chi connectivity index (χ1v) is 7.76. The fourth-order valence-corrected chi connectivity index (χ4v) is 3.41. The third kappa shape index (κ3) is 4.66. The molecule has 0 saturated carbocycles. The molecule has 0 aliphatic heterocycles. The van der Waals surface area contributed by atoms with E-state index in [0.717, 1.165) is 12.3 Å². The zero-order chi connectivity index (χ0) is 13.8. The Hall–Kier alpha value is -0.470. The van der Waals surface area contributed by atoms with Crippen LogP contribution in [0.2, 0.25) is 0 Å². The Labute approximate surface area is 117 Å². The summed E-state index contributed by atoms with van der Waals surface area (Å²) in [4.78, 5) is 1.41. The van der Waals surface area contributed by atoms with Crippen molar-refractivity contribution in [2.75, 3.05) is 12.3 Å². The Morgan fingerprint density at radius 1 is 1.22 bits per heavy atom. The van der Waals surface area contributed by atoms with Gasteiger partial charge >= 0.3 is 0 Å². The molecular formula is C16H27NS. The van der Waals surface area contributed by atoms with Crippen LogP contribution in [-0.4, -0.2) is 18.3 Å². The monoisotopic (exact) mass is 265 g/mol. The zero-order valence-electron chi connectivity index (χ0n) is 12.6. The molecule has 0 amide bonds. The number of aryl methyl sites for hydroxylation is 2. The molecule has 18 heavy (non-hydrogen) atoms. The van der Waals surface area contributed by atoms with Gasteiger partial charge in [0.15, 0.2) is 0 Å². The molecule has 0 aromatic heterocycles. The van der Waals surface area contributed by atoms with Crippen LogP contribution in [-0.2, 0) is 0 Å². The van der Waals surface area contributed by atoms with Gasteiger partial charge < -0.3 is 5.32 Å². The summed E-state index contributed by atoms with van der Waals surface area (Å²) in [5.74, 6) is 1.13. The largest absolute Gasteiger partial charge is 0.313 e. The molecule has 1 nitrogen and oxygen atoms in total. The van der Waals surface area contributed by atoms with Crippen molar-refractivity contribution in [2.45, 2.75) is 52.5 Å². The van der Waals surface area contributed by atoms with E-state index in [9.17, 15) is 0 Å². The maximum absolute atomic E-state index is 3.60. The molecule has 0 radical (unpaired) electrons. The van der Waals surface area contributed by atoms with E-state index >= 15 is 0 Å². The third-order valence-electron chi connectivity index (χ3n) is 3.23. The van der Waals surface area contributed by atoms with Gasteiger partial charge in [0, 0.05) is 16.7 Å². The molecule has 1 rings (SSSR count). The first-order chi connectivity index (χ1) is 8.34. The van der Waals surface area contributed by atoms with Gasteiger partial charge in [0.05, 0.1) is 0 Å². The molecule has 102 valence electrons. The van der Waals surface area contributed by atoms with E-state index in [1.165, 1.54) is 16.0 Å². The SMILES string of the molecule is CCNC(CSc1ccc(C)cc1C)C(C)(C)C. The topological polar surface area (TPSA) is 12.0 Å². The second-order valence-electron chi connectivity index (χ2n) is 6.06. The molecule has 0 aliphatic carbocycles. The van der Waals surface area contributed by atoms with Crippen LogP contribution >= 0.6 is 11.8 Å². The Morgan fingerprint density at radius 3 is 2.39 bits per heavy atom. The summed E-state index contributed by atoms with van der Waals surface area (Å²) in [5, 5.41) is 3.60. The average Bonchev–Trinajstić information content (AvgIpc) is 2.24. The third-order valence-corrected chi connectivity index (χ3v) is 4.50. The minimum Gasteiger partial charge on any atom is -0.313 e. The van der Waals surface area contributed by atoms with Crippen molar-refractivity contribution in [3.63, 3.8) is 0 Å². The summed E-state index contributed by atoms with van der Waals surface area (Å²) in [5.41, 5.74) is 3.04. The van der Waals surface area contributed by atoms with Gasteiger partial charge in [0.25, 0.3) is 0 Å². The standard InChI is InChI=1S/C16H27NS/c1-7-17-15(16(4,5)6)11-18-14-9-8-12(2)10-13(14)3/h8-10,15,17H,7,11H2,1-6H3. The maximum Gasteiger partial charge on any atom is 0.0210 e. The summed E-state index contributed by atoms with van der Waals surface area (Å²) in [6.45, 7) is 14.5. The van der Waals surface area contributed by atoms with Crippen LogP contribution in [0, 0.1) is 19.3 Å². The van der Waals surface area contributed by atoms with Gasteiger partial charge in [-0.05, 0) is 37.4 Å². The van der Waals surface area contributed by atoms with Gasteiger partial charge in [-0.15, -0.1) is 11.8 Å². The Kier molecular flexibility index (Phi) is 5.74. The fraction of sp³-hybridized carbons (Fsp3) is 0.625. The molecule has 0 spiro atoms. The van der Waals surface area contributed by atoms with Crippen LogP contribution in [0.4, 0.5) is 0 Å². The second-order valence-corrected chi connectivity index (χ2v) is 7.12. The molecule has 1 unspecified atom stereocenters. The molecular weight excluding hydrogens is 238 g/mol. The molecule has 1 atom stereocenters. The van der Waals surface area contributed by atoms with Crippen LogP contribution in [0.3, 0.4) is 0 Å². The predicted molar refractivity (Wildman–Crippen MR) is 83.6 cm³/mol. The summed E-state index contributed by atoms with van der Waals surface area (Å²) >= 11 is 1.97. The zero-order valence-corrected chi connectivity index (χ0v) is 13.4. The lowest BCUT2D eigenvalue weighted by Gasteiger charge is -2.31. The highest BCUT2D eigenvalue weighted by Gasteiger charge is 2.23. The van der Waals surface area contributed by atoms with Crippen molar-refractivity contribution in [2.24, 2.45) is 5.41 Å². The number of hydrogen-bond acceptors (Lipinski definition) is 2. The van der Waals surface area contributed by atoms with Gasteiger partial charge in [-0.25, -0.2) is 0 Å². The fourth-order valence-electron chi connectivity index (χ4n) is 2.00. The quantitative estimate of drug-likeness (QED) is 0.791. The van der Waals surface area contributed by atoms with E-state index in [-0.39, 0.29) is 0 Å². The maximum atomic E-state index is 3.60. The van der Waals surface area contributed by atoms with Crippen LogP contribution in [0.15, 0.2) is 23.1 Å². The second kappa shape index (κ2) is 6.63. The number of hydrogen-bond donors (Lipinski definition) is 1. The molecule has 0 saturated heterocycles. The molecule has 0 heterocycles. The Morgan fingerprint density at radius 2 is 1.89 bits per heavy atom. The number of benzene rings is 1. The molecule has 0 aliphatic rings. The summed E-state index contributed by atoms with van der Waals surface area (Å²) in [6, 6.07) is 7.27. The Balaban J connectivity index is 2.67. The van der Waals surface area contributed by atoms with E-state index in [0.29, 0.717) is 11.5 Å². The Bertz CT molecular complexity index is 379. The summed E-state index contributed by atoms with van der Waals surface area (Å²) < 4.78 is 0. The van der Waals surface area contributed by atoms with Crippen molar-refractivity contribution in [1.82, 2.24) is 5.32 Å². The molecule has 1 aromatic rings. The number of nitrogens with one attached hydrogen (secondary N) is 1. The van der Waals surface area contributed by atoms with Crippen molar-refractivity contribution in [3.05, 3.63) is 29.3 Å². The van der Waals surface area contributed by atoms with Gasteiger partial charge in [0.2, 0.25) is 0 Å². The smallest absolute Gasteiger partial charge is 0.0210 e. The van der Waals surface area contributed by atoms with E-state index in [4.69, 9.17) is 0 Å². The highest BCUT2D eigenvalue weighted by molar-refractivity contribution is 7.99. The van der Waals surface area contributed by atoms with E-state index in [2.05, 4.69) is 65.1 Å². The van der Waals surface area contributed by atoms with Crippen molar-refractivity contribution >= 4 is 11.8 Å². The molecule has 0 bridgehead atoms. The lowest BCUT2D eigenvalue weighted by molar-refractivity contribution is 0.295. The van der Waals surface area contributed by atoms with E-state index in [1.54, 1.807) is 0 Å². The highest BCUT2D eigenvalue weighted by Crippen LogP contribution is 2.28. The summed E-state index contributed by atoms with van der Waals surface area (Å²) in [7, 11) is 0. The number of rotatable bonds is 5. The summed E-state index contributed by atoms with van der Waals surface area (Å²) in [6.07, 6.45) is 0. The minimum absolute atomic E-state index is 0.307. The van der Waals surface area contributed by atoms with Crippen LogP contribution in [0.1, 0.15) is 38.8 Å². The van der Waals surface area contributed by atoms with Gasteiger partial charge in [-0.2, -0.15) is 0 Å². The lowest BCUT2D eigenvalue weighted by Crippen LogP contribution is -2.42. The first-order valence-electron chi connectivity index (χ1n) is 6.78. The van der Waals surface area contributed by atoms with Crippen LogP contribution in [0.25, 0.3) is 0 Å². The van der Waals surface area contributed by atoms with E-state index in [1.807, 2.05) is 11.8 Å². The number of thioether (sulfide) groups is 1. The van der Waals surface area contributed by atoms with Crippen LogP contribution in [0.5, 0.6) is 0 Å². The normalized spacial score (nSPS) is 13.7. The van der Waals surface area contributed by atoms with Crippen LogP contribution < -0.4 is 5.32 Å². The molecule has 1 aromatic carbocycles. The van der Waals surface area contributed by atoms with Gasteiger partial charge in [-0.3, -0.25) is 0 Å². The highest BCUT2D eigenvalue weighted by atomic mass is 32.2. The van der Waals surface area contributed by atoms with Gasteiger partial charge in [-0.1, -0.05) is 45.4 Å².